The Balaban J connectivity index is 1.46. The maximum Gasteiger partial charge on any atom is 0.260 e. The molecule has 0 aliphatic rings. The van der Waals surface area contributed by atoms with Crippen LogP contribution in [0, 0.1) is 0 Å². The van der Waals surface area contributed by atoms with E-state index in [2.05, 4.69) is 17.4 Å². The third kappa shape index (κ3) is 5.26. The molecule has 28 heavy (non-hydrogen) atoms. The summed E-state index contributed by atoms with van der Waals surface area (Å²) in [5.41, 5.74) is 1.17. The van der Waals surface area contributed by atoms with E-state index in [1.807, 2.05) is 61.5 Å². The summed E-state index contributed by atoms with van der Waals surface area (Å²) in [6, 6.07) is 22.0. The first-order valence-corrected chi connectivity index (χ1v) is 9.81. The molecule has 0 aromatic heterocycles. The number of hydrogen-bond acceptors (Lipinski definition) is 3. The van der Waals surface area contributed by atoms with Gasteiger partial charge in [0.1, 0.15) is 11.5 Å². The Bertz CT molecular complexity index is 922. The quantitative estimate of drug-likeness (QED) is 0.547. The van der Waals surface area contributed by atoms with Crippen molar-refractivity contribution >= 4 is 16.7 Å². The summed E-state index contributed by atoms with van der Waals surface area (Å²) in [5.74, 6) is 1.52. The van der Waals surface area contributed by atoms with Crippen molar-refractivity contribution in [1.29, 1.82) is 0 Å². The van der Waals surface area contributed by atoms with E-state index in [9.17, 15) is 4.79 Å². The lowest BCUT2D eigenvalue weighted by atomic mass is 10.1. The molecule has 0 spiro atoms. The molecule has 1 atom stereocenters. The van der Waals surface area contributed by atoms with E-state index in [-0.39, 0.29) is 5.91 Å². The van der Waals surface area contributed by atoms with Gasteiger partial charge in [-0.3, -0.25) is 4.79 Å². The topological polar surface area (TPSA) is 47.6 Å². The van der Waals surface area contributed by atoms with Gasteiger partial charge in [-0.05, 0) is 61.2 Å². The van der Waals surface area contributed by atoms with Crippen LogP contribution in [0.25, 0.3) is 10.8 Å². The number of nitrogens with one attached hydrogen (secondary N) is 1. The minimum atomic E-state index is -0.545. The third-order valence-corrected chi connectivity index (χ3v) is 4.60. The van der Waals surface area contributed by atoms with Crippen LogP contribution in [0.4, 0.5) is 0 Å². The minimum absolute atomic E-state index is 0.105. The van der Waals surface area contributed by atoms with E-state index >= 15 is 0 Å². The first-order valence-electron chi connectivity index (χ1n) is 9.81. The molecule has 3 aromatic rings. The average Bonchev–Trinajstić information content (AvgIpc) is 2.72. The Morgan fingerprint density at radius 3 is 2.57 bits per heavy atom. The highest BCUT2D eigenvalue weighted by atomic mass is 16.5. The van der Waals surface area contributed by atoms with E-state index in [4.69, 9.17) is 9.47 Å². The van der Waals surface area contributed by atoms with Crippen molar-refractivity contribution in [3.05, 3.63) is 72.3 Å². The highest BCUT2D eigenvalue weighted by molar-refractivity contribution is 5.84. The first-order chi connectivity index (χ1) is 13.7. The molecule has 0 radical (unpaired) electrons. The Labute approximate surface area is 166 Å². The van der Waals surface area contributed by atoms with Crippen LogP contribution in [0.1, 0.15) is 25.8 Å². The number of ether oxygens (including phenoxy) is 2. The number of carbonyl (C=O) groups is 1. The Hall–Kier alpha value is -3.01. The van der Waals surface area contributed by atoms with Crippen molar-refractivity contribution in [1.82, 2.24) is 5.32 Å². The van der Waals surface area contributed by atoms with Crippen molar-refractivity contribution < 1.29 is 14.3 Å². The molecule has 0 saturated heterocycles. The summed E-state index contributed by atoms with van der Waals surface area (Å²) in [5, 5.41) is 5.21. The summed E-state index contributed by atoms with van der Waals surface area (Å²) in [7, 11) is 0. The zero-order valence-electron chi connectivity index (χ0n) is 16.5. The predicted molar refractivity (Wildman–Crippen MR) is 113 cm³/mol. The third-order valence-electron chi connectivity index (χ3n) is 4.60. The van der Waals surface area contributed by atoms with Crippen LogP contribution in [-0.2, 0) is 11.2 Å². The highest BCUT2D eigenvalue weighted by Gasteiger charge is 2.14. The average molecular weight is 377 g/mol. The van der Waals surface area contributed by atoms with Gasteiger partial charge in [-0.15, -0.1) is 0 Å². The van der Waals surface area contributed by atoms with Gasteiger partial charge in [0.25, 0.3) is 5.91 Å². The van der Waals surface area contributed by atoms with Crippen LogP contribution in [0.15, 0.2) is 66.7 Å². The van der Waals surface area contributed by atoms with Gasteiger partial charge in [0.15, 0.2) is 6.10 Å². The van der Waals surface area contributed by atoms with Crippen LogP contribution < -0.4 is 14.8 Å². The Morgan fingerprint density at radius 2 is 1.75 bits per heavy atom. The molecular weight excluding hydrogens is 350 g/mol. The summed E-state index contributed by atoms with van der Waals surface area (Å²) < 4.78 is 11.5. The van der Waals surface area contributed by atoms with Crippen molar-refractivity contribution in [2.45, 2.75) is 32.8 Å². The van der Waals surface area contributed by atoms with Crippen molar-refractivity contribution in [3.8, 4) is 11.5 Å². The zero-order valence-corrected chi connectivity index (χ0v) is 16.5. The minimum Gasteiger partial charge on any atom is -0.494 e. The largest absolute Gasteiger partial charge is 0.494 e. The van der Waals surface area contributed by atoms with E-state index in [0.717, 1.165) is 29.4 Å². The predicted octanol–water partition coefficient (Wildman–Crippen LogP) is 4.75. The maximum atomic E-state index is 12.3. The van der Waals surface area contributed by atoms with Gasteiger partial charge in [0, 0.05) is 6.54 Å². The highest BCUT2D eigenvalue weighted by Crippen LogP contribution is 2.22. The number of amides is 1. The first kappa shape index (κ1) is 19.7. The second-order valence-corrected chi connectivity index (χ2v) is 6.70. The standard InChI is InChI=1S/C24H27NO3/c1-3-27-23-13-7-6-10-20(23)12-8-16-25-24(26)18(2)28-22-15-14-19-9-4-5-11-21(19)17-22/h4-7,9-11,13-15,17-18H,3,8,12,16H2,1-2H3,(H,25,26). The van der Waals surface area contributed by atoms with Crippen LogP contribution in [-0.4, -0.2) is 25.2 Å². The smallest absolute Gasteiger partial charge is 0.260 e. The Morgan fingerprint density at radius 1 is 1.00 bits per heavy atom. The number of hydrogen-bond donors (Lipinski definition) is 1. The molecule has 1 unspecified atom stereocenters. The fraction of sp³-hybridized carbons (Fsp3) is 0.292. The van der Waals surface area contributed by atoms with Crippen LogP contribution in [0.3, 0.4) is 0 Å². The SMILES string of the molecule is CCOc1ccccc1CCCNC(=O)C(C)Oc1ccc2ccccc2c1. The summed E-state index contributed by atoms with van der Waals surface area (Å²) >= 11 is 0. The number of benzene rings is 3. The van der Waals surface area contributed by atoms with E-state index in [1.54, 1.807) is 6.92 Å². The number of carbonyl (C=O) groups excluding carboxylic acids is 1. The molecule has 0 aliphatic heterocycles. The van der Waals surface area contributed by atoms with Crippen LogP contribution >= 0.6 is 0 Å². The lowest BCUT2D eigenvalue weighted by Gasteiger charge is -2.15. The number of fused-ring (bicyclic) bond motifs is 1. The van der Waals surface area contributed by atoms with E-state index in [1.165, 1.54) is 5.56 Å². The molecule has 4 nitrogen and oxygen atoms in total. The van der Waals surface area contributed by atoms with Crippen molar-refractivity contribution in [2.75, 3.05) is 13.2 Å². The monoisotopic (exact) mass is 377 g/mol. The van der Waals surface area contributed by atoms with Crippen LogP contribution in [0.2, 0.25) is 0 Å². The molecule has 1 amide bonds. The lowest BCUT2D eigenvalue weighted by Crippen LogP contribution is -2.36. The normalized spacial score (nSPS) is 11.8. The summed E-state index contributed by atoms with van der Waals surface area (Å²) in [6.07, 6.45) is 1.16. The van der Waals surface area contributed by atoms with Crippen molar-refractivity contribution in [3.63, 3.8) is 0 Å². The fourth-order valence-electron chi connectivity index (χ4n) is 3.14. The second kappa shape index (κ2) is 9.79. The molecule has 4 heteroatoms. The van der Waals surface area contributed by atoms with Gasteiger partial charge in [-0.25, -0.2) is 0 Å². The van der Waals surface area contributed by atoms with Gasteiger partial charge in [-0.2, -0.15) is 0 Å². The molecule has 0 aliphatic carbocycles. The molecule has 3 aromatic carbocycles. The molecule has 0 bridgehead atoms. The molecule has 0 saturated carbocycles. The molecule has 0 fully saturated rings. The van der Waals surface area contributed by atoms with Gasteiger partial charge in [0.2, 0.25) is 0 Å². The van der Waals surface area contributed by atoms with Gasteiger partial charge < -0.3 is 14.8 Å². The molecule has 1 N–H and O–H groups in total. The van der Waals surface area contributed by atoms with Gasteiger partial charge >= 0.3 is 0 Å². The van der Waals surface area contributed by atoms with Gasteiger partial charge in [-0.1, -0.05) is 48.5 Å². The second-order valence-electron chi connectivity index (χ2n) is 6.70. The lowest BCUT2D eigenvalue weighted by molar-refractivity contribution is -0.127. The molecular formula is C24H27NO3. The van der Waals surface area contributed by atoms with Crippen molar-refractivity contribution in [2.24, 2.45) is 0 Å². The number of aryl methyl sites for hydroxylation is 1. The maximum absolute atomic E-state index is 12.3. The molecule has 3 rings (SSSR count). The Kier molecular flexibility index (Phi) is 6.90. The molecule has 146 valence electrons. The van der Waals surface area contributed by atoms with Crippen LogP contribution in [0.5, 0.6) is 11.5 Å². The van der Waals surface area contributed by atoms with E-state index < -0.39 is 6.10 Å². The van der Waals surface area contributed by atoms with Gasteiger partial charge in [0.05, 0.1) is 6.61 Å². The zero-order chi connectivity index (χ0) is 19.8. The fourth-order valence-corrected chi connectivity index (χ4v) is 3.14. The number of rotatable bonds is 9. The molecule has 0 heterocycles. The summed E-state index contributed by atoms with van der Waals surface area (Å²) in [4.78, 5) is 12.3. The van der Waals surface area contributed by atoms with E-state index in [0.29, 0.717) is 18.9 Å². The number of para-hydroxylation sites is 1. The summed E-state index contributed by atoms with van der Waals surface area (Å²) in [6.45, 7) is 5.00.